The third-order valence-electron chi connectivity index (χ3n) is 4.23. The molecule has 150 valence electrons. The van der Waals surface area contributed by atoms with E-state index in [0.717, 1.165) is 10.4 Å². The molecule has 1 N–H and O–H groups in total. The number of nitrogens with one attached hydrogen (secondary N) is 1. The van der Waals surface area contributed by atoms with E-state index >= 15 is 0 Å². The Morgan fingerprint density at radius 3 is 2.52 bits per heavy atom. The second-order valence-electron chi connectivity index (χ2n) is 6.22. The molecule has 1 heterocycles. The average Bonchev–Trinajstić information content (AvgIpc) is 3.26. The standard InChI is InChI=1S/C22H20FNO4S/c1-27-18-6-3-2-5-16(18)13-21(26)28-14-20(25)24-22(19-7-4-12-29-19)15-8-10-17(23)11-9-15/h2-12,22H,13-14H2,1H3,(H,24,25)/t22-/m1/s1. The maximum Gasteiger partial charge on any atom is 0.310 e. The van der Waals surface area contributed by atoms with Gasteiger partial charge in [-0.2, -0.15) is 0 Å². The van der Waals surface area contributed by atoms with Crippen LogP contribution in [0.1, 0.15) is 22.0 Å². The highest BCUT2D eigenvalue weighted by Crippen LogP contribution is 2.26. The van der Waals surface area contributed by atoms with Gasteiger partial charge in [0, 0.05) is 10.4 Å². The molecule has 0 saturated heterocycles. The number of benzene rings is 2. The van der Waals surface area contributed by atoms with Gasteiger partial charge < -0.3 is 14.8 Å². The predicted molar refractivity (Wildman–Crippen MR) is 108 cm³/mol. The van der Waals surface area contributed by atoms with Gasteiger partial charge in [-0.3, -0.25) is 9.59 Å². The molecule has 1 aromatic heterocycles. The number of hydrogen-bond donors (Lipinski definition) is 1. The lowest BCUT2D eigenvalue weighted by atomic mass is 10.1. The Bertz CT molecular complexity index is 957. The number of thiophene rings is 1. The number of halogens is 1. The summed E-state index contributed by atoms with van der Waals surface area (Å²) in [6.07, 6.45) is 0.00358. The molecule has 0 aliphatic heterocycles. The zero-order chi connectivity index (χ0) is 20.6. The van der Waals surface area contributed by atoms with Crippen molar-refractivity contribution in [2.24, 2.45) is 0 Å². The lowest BCUT2D eigenvalue weighted by Gasteiger charge is -2.18. The van der Waals surface area contributed by atoms with Gasteiger partial charge in [-0.25, -0.2) is 4.39 Å². The Labute approximate surface area is 172 Å². The highest BCUT2D eigenvalue weighted by Gasteiger charge is 2.19. The molecule has 0 aliphatic carbocycles. The van der Waals surface area contributed by atoms with E-state index in [-0.39, 0.29) is 12.2 Å². The van der Waals surface area contributed by atoms with E-state index in [2.05, 4.69) is 5.32 Å². The zero-order valence-electron chi connectivity index (χ0n) is 15.8. The maximum atomic E-state index is 13.2. The minimum atomic E-state index is -0.529. The fourth-order valence-electron chi connectivity index (χ4n) is 2.83. The van der Waals surface area contributed by atoms with Crippen LogP contribution >= 0.6 is 11.3 Å². The topological polar surface area (TPSA) is 64.6 Å². The molecule has 0 aliphatic rings. The lowest BCUT2D eigenvalue weighted by Crippen LogP contribution is -2.33. The molecule has 0 fully saturated rings. The molecular formula is C22H20FNO4S. The van der Waals surface area contributed by atoms with Crippen molar-refractivity contribution in [3.8, 4) is 5.75 Å². The summed E-state index contributed by atoms with van der Waals surface area (Å²) in [5.74, 6) is -0.738. The van der Waals surface area contributed by atoms with Crippen molar-refractivity contribution in [2.75, 3.05) is 13.7 Å². The first-order chi connectivity index (χ1) is 14.1. The van der Waals surface area contributed by atoms with Crippen LogP contribution in [0.5, 0.6) is 5.75 Å². The Kier molecular flexibility index (Phi) is 6.97. The molecule has 7 heteroatoms. The van der Waals surface area contributed by atoms with Gasteiger partial charge in [-0.1, -0.05) is 36.4 Å². The van der Waals surface area contributed by atoms with Crippen molar-refractivity contribution in [1.82, 2.24) is 5.32 Å². The number of esters is 1. The monoisotopic (exact) mass is 413 g/mol. The number of carbonyl (C=O) groups is 2. The highest BCUT2D eigenvalue weighted by molar-refractivity contribution is 7.10. The minimum Gasteiger partial charge on any atom is -0.496 e. The lowest BCUT2D eigenvalue weighted by molar-refractivity contribution is -0.148. The van der Waals surface area contributed by atoms with Crippen molar-refractivity contribution in [1.29, 1.82) is 0 Å². The van der Waals surface area contributed by atoms with Gasteiger partial charge in [0.2, 0.25) is 0 Å². The molecule has 0 unspecified atom stereocenters. The smallest absolute Gasteiger partial charge is 0.310 e. The van der Waals surface area contributed by atoms with E-state index in [9.17, 15) is 14.0 Å². The van der Waals surface area contributed by atoms with Crippen LogP contribution in [-0.2, 0) is 20.7 Å². The second-order valence-corrected chi connectivity index (χ2v) is 7.20. The Balaban J connectivity index is 1.60. The molecule has 1 atom stereocenters. The molecule has 0 spiro atoms. The van der Waals surface area contributed by atoms with Gasteiger partial charge in [0.25, 0.3) is 5.91 Å². The van der Waals surface area contributed by atoms with E-state index < -0.39 is 24.5 Å². The molecular weight excluding hydrogens is 393 g/mol. The van der Waals surface area contributed by atoms with E-state index in [1.807, 2.05) is 17.5 Å². The summed E-state index contributed by atoms with van der Waals surface area (Å²) in [5, 5.41) is 4.74. The van der Waals surface area contributed by atoms with Crippen LogP contribution in [0.15, 0.2) is 66.0 Å². The Morgan fingerprint density at radius 2 is 1.83 bits per heavy atom. The van der Waals surface area contributed by atoms with Gasteiger partial charge in [0.15, 0.2) is 6.61 Å². The second kappa shape index (κ2) is 9.84. The Morgan fingerprint density at radius 1 is 1.07 bits per heavy atom. The largest absolute Gasteiger partial charge is 0.496 e. The van der Waals surface area contributed by atoms with Crippen molar-refractivity contribution >= 4 is 23.2 Å². The number of carbonyl (C=O) groups excluding carboxylic acids is 2. The summed E-state index contributed by atoms with van der Waals surface area (Å²) in [7, 11) is 1.53. The first kappa shape index (κ1) is 20.5. The summed E-state index contributed by atoms with van der Waals surface area (Å²) in [6.45, 7) is -0.406. The first-order valence-corrected chi connectivity index (χ1v) is 9.80. The van der Waals surface area contributed by atoms with E-state index in [1.165, 1.54) is 30.6 Å². The quantitative estimate of drug-likeness (QED) is 0.569. The first-order valence-electron chi connectivity index (χ1n) is 8.92. The van der Waals surface area contributed by atoms with Gasteiger partial charge in [-0.15, -0.1) is 11.3 Å². The van der Waals surface area contributed by atoms with Crippen LogP contribution in [0.3, 0.4) is 0 Å². The van der Waals surface area contributed by atoms with Crippen molar-refractivity contribution in [2.45, 2.75) is 12.5 Å². The summed E-state index contributed by atoms with van der Waals surface area (Å²) < 4.78 is 23.6. The third-order valence-corrected chi connectivity index (χ3v) is 5.17. The molecule has 0 radical (unpaired) electrons. The number of methoxy groups -OCH3 is 1. The van der Waals surface area contributed by atoms with Crippen LogP contribution in [0.4, 0.5) is 4.39 Å². The molecule has 0 bridgehead atoms. The van der Waals surface area contributed by atoms with Gasteiger partial charge in [0.05, 0.1) is 19.6 Å². The fraction of sp³-hybridized carbons (Fsp3) is 0.182. The molecule has 29 heavy (non-hydrogen) atoms. The van der Waals surface area contributed by atoms with Crippen molar-refractivity contribution < 1.29 is 23.5 Å². The molecule has 2 aromatic carbocycles. The molecule has 3 rings (SSSR count). The van der Waals surface area contributed by atoms with Crippen molar-refractivity contribution in [3.63, 3.8) is 0 Å². The SMILES string of the molecule is COc1ccccc1CC(=O)OCC(=O)N[C@H](c1ccc(F)cc1)c1cccs1. The number of para-hydroxylation sites is 1. The summed E-state index contributed by atoms with van der Waals surface area (Å²) in [4.78, 5) is 25.4. The van der Waals surface area contributed by atoms with Crippen LogP contribution in [0, 0.1) is 5.82 Å². The molecule has 3 aromatic rings. The van der Waals surface area contributed by atoms with Crippen LogP contribution in [0.2, 0.25) is 0 Å². The zero-order valence-corrected chi connectivity index (χ0v) is 16.6. The minimum absolute atomic E-state index is 0.00358. The Hall–Kier alpha value is -3.19. The number of rotatable bonds is 8. The molecule has 0 saturated carbocycles. The van der Waals surface area contributed by atoms with Crippen LogP contribution in [-0.4, -0.2) is 25.6 Å². The number of amides is 1. The molecule has 1 amide bonds. The third kappa shape index (κ3) is 5.65. The summed E-state index contributed by atoms with van der Waals surface area (Å²) in [5.41, 5.74) is 1.42. The normalized spacial score (nSPS) is 11.5. The summed E-state index contributed by atoms with van der Waals surface area (Å²) in [6, 6.07) is 16.4. The van der Waals surface area contributed by atoms with Gasteiger partial charge in [-0.05, 0) is 35.2 Å². The predicted octanol–water partition coefficient (Wildman–Crippen LogP) is 3.89. The van der Waals surface area contributed by atoms with Crippen LogP contribution < -0.4 is 10.1 Å². The fourth-order valence-corrected chi connectivity index (χ4v) is 3.64. The molecule has 5 nitrogen and oxygen atoms in total. The van der Waals surface area contributed by atoms with Gasteiger partial charge >= 0.3 is 5.97 Å². The average molecular weight is 413 g/mol. The summed E-state index contributed by atoms with van der Waals surface area (Å²) >= 11 is 1.47. The van der Waals surface area contributed by atoms with Gasteiger partial charge in [0.1, 0.15) is 11.6 Å². The maximum absolute atomic E-state index is 13.2. The number of ether oxygens (including phenoxy) is 2. The van der Waals surface area contributed by atoms with E-state index in [4.69, 9.17) is 9.47 Å². The van der Waals surface area contributed by atoms with Crippen LogP contribution in [0.25, 0.3) is 0 Å². The number of hydrogen-bond acceptors (Lipinski definition) is 5. The van der Waals surface area contributed by atoms with E-state index in [1.54, 1.807) is 36.4 Å². The highest BCUT2D eigenvalue weighted by atomic mass is 32.1. The van der Waals surface area contributed by atoms with Crippen molar-refractivity contribution in [3.05, 3.63) is 87.9 Å². The van der Waals surface area contributed by atoms with E-state index in [0.29, 0.717) is 11.3 Å².